The third-order valence-electron chi connectivity index (χ3n) is 0.704. The number of rotatable bonds is 3. The van der Waals surface area contributed by atoms with E-state index in [1.165, 1.54) is 0 Å². The van der Waals surface area contributed by atoms with Crippen LogP contribution in [-0.4, -0.2) is 24.7 Å². The molecular formula is C7H16NNaO5S. The van der Waals surface area contributed by atoms with Gasteiger partial charge >= 0.3 is 29.6 Å². The van der Waals surface area contributed by atoms with Gasteiger partial charge in [-0.3, -0.25) is 0 Å². The standard InChI is InChI=1S/C4H10O3S.C3H4O2.H3N.Na/c1-4(2)3-8(5,6)7;1-2-3(4)5;;/h4H,3H2,1-2H3,(H,5,6,7);2H,1H2,(H,4,5);1H3;/q;;;+1/p-1. The van der Waals surface area contributed by atoms with E-state index in [-0.39, 0.29) is 47.4 Å². The van der Waals surface area contributed by atoms with Crippen LogP contribution in [0.15, 0.2) is 12.7 Å². The predicted octanol–water partition coefficient (Wildman–Crippen LogP) is -3.51. The molecule has 0 fully saturated rings. The molecule has 0 amide bonds. The van der Waals surface area contributed by atoms with E-state index >= 15 is 0 Å². The fourth-order valence-electron chi connectivity index (χ4n) is 0.408. The summed E-state index contributed by atoms with van der Waals surface area (Å²) in [6.45, 7) is 6.28. The molecule has 0 aliphatic rings. The molecular weight excluding hydrogens is 233 g/mol. The van der Waals surface area contributed by atoms with E-state index in [2.05, 4.69) is 6.58 Å². The second-order valence-corrected chi connectivity index (χ2v) is 4.09. The first-order valence-corrected chi connectivity index (χ1v) is 5.03. The van der Waals surface area contributed by atoms with Crippen molar-refractivity contribution in [2.75, 3.05) is 5.75 Å². The normalized spacial score (nSPS) is 8.80. The van der Waals surface area contributed by atoms with Crippen LogP contribution >= 0.6 is 0 Å². The fraction of sp³-hybridized carbons (Fsp3) is 0.571. The molecule has 0 heterocycles. The van der Waals surface area contributed by atoms with Crippen molar-refractivity contribution < 1.29 is 52.4 Å². The molecule has 0 aromatic rings. The molecule has 0 unspecified atom stereocenters. The van der Waals surface area contributed by atoms with Crippen LogP contribution in [0.3, 0.4) is 0 Å². The molecule has 0 atom stereocenters. The number of hydrogen-bond donors (Lipinski definition) is 1. The van der Waals surface area contributed by atoms with Crippen LogP contribution in [0.4, 0.5) is 0 Å². The van der Waals surface area contributed by atoms with Crippen LogP contribution in [0.2, 0.25) is 0 Å². The number of carbonyl (C=O) groups is 1. The molecule has 0 bridgehead atoms. The smallest absolute Gasteiger partial charge is 0.748 e. The second kappa shape index (κ2) is 12.2. The van der Waals surface area contributed by atoms with Crippen LogP contribution < -0.4 is 40.8 Å². The zero-order valence-electron chi connectivity index (χ0n) is 9.52. The molecule has 0 aliphatic heterocycles. The Labute approximate surface area is 112 Å². The van der Waals surface area contributed by atoms with Gasteiger partial charge in [-0.25, -0.2) is 8.42 Å². The monoisotopic (exact) mass is 249 g/mol. The van der Waals surface area contributed by atoms with Crippen molar-refractivity contribution in [2.45, 2.75) is 13.8 Å². The molecule has 0 saturated heterocycles. The van der Waals surface area contributed by atoms with Gasteiger partial charge in [0.1, 0.15) is 0 Å². The quantitative estimate of drug-likeness (QED) is 0.314. The Kier molecular flexibility index (Phi) is 19.7. The first-order valence-electron chi connectivity index (χ1n) is 3.46. The molecule has 4 N–H and O–H groups in total. The average molecular weight is 249 g/mol. The molecule has 0 aliphatic carbocycles. The maximum atomic E-state index is 9.89. The van der Waals surface area contributed by atoms with E-state index in [1.54, 1.807) is 13.8 Å². The van der Waals surface area contributed by atoms with E-state index in [0.717, 1.165) is 6.08 Å². The number of aliphatic carboxylic acids is 1. The summed E-state index contributed by atoms with van der Waals surface area (Å²) in [6.07, 6.45) is 0.722. The van der Waals surface area contributed by atoms with Gasteiger partial charge in [-0.05, 0) is 12.0 Å². The summed E-state index contributed by atoms with van der Waals surface area (Å²) in [5, 5.41) is 9.14. The van der Waals surface area contributed by atoms with E-state index in [9.17, 15) is 13.0 Å². The Balaban J connectivity index is -0.0000000770. The Hall–Kier alpha value is 0.0800. The molecule has 6 nitrogen and oxygen atoms in total. The van der Waals surface area contributed by atoms with Crippen molar-refractivity contribution in [3.63, 3.8) is 0 Å². The summed E-state index contributed by atoms with van der Waals surface area (Å²) in [4.78, 5) is 9.14. The van der Waals surface area contributed by atoms with E-state index < -0.39 is 16.1 Å². The van der Waals surface area contributed by atoms with Crippen molar-refractivity contribution in [3.8, 4) is 0 Å². The molecule has 0 aromatic carbocycles. The Morgan fingerprint density at radius 1 is 1.47 bits per heavy atom. The van der Waals surface area contributed by atoms with Crippen LogP contribution in [0.5, 0.6) is 0 Å². The second-order valence-electron chi connectivity index (χ2n) is 2.64. The van der Waals surface area contributed by atoms with E-state index in [1.807, 2.05) is 0 Å². The maximum Gasteiger partial charge on any atom is 1.00 e. The van der Waals surface area contributed by atoms with Crippen molar-refractivity contribution in [2.24, 2.45) is 5.92 Å². The van der Waals surface area contributed by atoms with Gasteiger partial charge in [0, 0.05) is 5.75 Å². The number of carbonyl (C=O) groups excluding carboxylic acids is 1. The molecule has 15 heavy (non-hydrogen) atoms. The zero-order valence-corrected chi connectivity index (χ0v) is 12.3. The first-order chi connectivity index (χ1) is 5.69. The molecule has 0 rings (SSSR count). The summed E-state index contributed by atoms with van der Waals surface area (Å²) in [5.41, 5.74) is 0. The van der Waals surface area contributed by atoms with Gasteiger partial charge < -0.3 is 20.6 Å². The van der Waals surface area contributed by atoms with E-state index in [4.69, 9.17) is 9.90 Å². The van der Waals surface area contributed by atoms with Gasteiger partial charge in [0.15, 0.2) is 0 Å². The Morgan fingerprint density at radius 2 is 1.73 bits per heavy atom. The van der Waals surface area contributed by atoms with Crippen molar-refractivity contribution >= 4 is 16.1 Å². The van der Waals surface area contributed by atoms with Crippen LogP contribution in [0, 0.1) is 5.92 Å². The van der Waals surface area contributed by atoms with Gasteiger partial charge in [-0.2, -0.15) is 0 Å². The summed E-state index contributed by atoms with van der Waals surface area (Å²) < 4.78 is 29.7. The first kappa shape index (κ1) is 24.4. The van der Waals surface area contributed by atoms with Gasteiger partial charge in [-0.15, -0.1) is 0 Å². The number of hydrogen-bond acceptors (Lipinski definition) is 5. The minimum Gasteiger partial charge on any atom is -0.748 e. The van der Waals surface area contributed by atoms with Crippen LogP contribution in [0.1, 0.15) is 13.8 Å². The SMILES string of the molecule is C=CC(=O)[O-].CC(C)CS(=O)(=O)[O-].[NH4+].[Na+]. The number of carboxylic acid groups (broad SMARTS) is 1. The van der Waals surface area contributed by atoms with Crippen LogP contribution in [0.25, 0.3) is 0 Å². The van der Waals surface area contributed by atoms with Crippen molar-refractivity contribution in [1.82, 2.24) is 6.15 Å². The Morgan fingerprint density at radius 3 is 1.73 bits per heavy atom. The Bertz CT molecular complexity index is 263. The number of quaternary nitrogens is 1. The maximum absolute atomic E-state index is 9.89. The molecule has 8 heteroatoms. The van der Waals surface area contributed by atoms with Crippen LogP contribution in [-0.2, 0) is 14.9 Å². The topological polar surface area (TPSA) is 134 Å². The average Bonchev–Trinajstić information content (AvgIpc) is 1.83. The number of carboxylic acids is 1. The fourth-order valence-corrected chi connectivity index (χ4v) is 1.22. The summed E-state index contributed by atoms with van der Waals surface area (Å²) in [6, 6.07) is 0. The summed E-state index contributed by atoms with van der Waals surface area (Å²) in [5.74, 6) is -1.55. The van der Waals surface area contributed by atoms with Gasteiger partial charge in [0.2, 0.25) is 0 Å². The van der Waals surface area contributed by atoms with Crippen molar-refractivity contribution in [1.29, 1.82) is 0 Å². The van der Waals surface area contributed by atoms with Gasteiger partial charge in [-0.1, -0.05) is 20.4 Å². The zero-order chi connectivity index (χ0) is 11.1. The molecule has 0 radical (unpaired) electrons. The molecule has 86 valence electrons. The van der Waals surface area contributed by atoms with Gasteiger partial charge in [0.25, 0.3) is 0 Å². The van der Waals surface area contributed by atoms with Crippen molar-refractivity contribution in [3.05, 3.63) is 12.7 Å². The largest absolute Gasteiger partial charge is 1.00 e. The van der Waals surface area contributed by atoms with E-state index in [0.29, 0.717) is 0 Å². The minimum atomic E-state index is -3.97. The summed E-state index contributed by atoms with van der Waals surface area (Å²) in [7, 11) is -3.97. The molecule has 0 saturated carbocycles. The minimum absolute atomic E-state index is 0. The predicted molar refractivity (Wildman–Crippen MR) is 50.6 cm³/mol. The third kappa shape index (κ3) is 41.0. The molecule has 0 aromatic heterocycles. The summed E-state index contributed by atoms with van der Waals surface area (Å²) >= 11 is 0. The third-order valence-corrected chi connectivity index (χ3v) is 1.78. The van der Waals surface area contributed by atoms with Gasteiger partial charge in [0.05, 0.1) is 16.1 Å². The molecule has 0 spiro atoms.